The lowest BCUT2D eigenvalue weighted by molar-refractivity contribution is -0.115. The first-order valence-corrected chi connectivity index (χ1v) is 7.68. The molecule has 3 rings (SSSR count). The van der Waals surface area contributed by atoms with Crippen molar-refractivity contribution in [2.24, 2.45) is 0 Å². The summed E-state index contributed by atoms with van der Waals surface area (Å²) in [6, 6.07) is 6.77. The average molecular weight is 330 g/mol. The van der Waals surface area contributed by atoms with E-state index < -0.39 is 6.09 Å². The van der Waals surface area contributed by atoms with Gasteiger partial charge in [0.1, 0.15) is 0 Å². The van der Waals surface area contributed by atoms with Gasteiger partial charge in [-0.25, -0.2) is 9.78 Å². The van der Waals surface area contributed by atoms with Gasteiger partial charge in [0.25, 0.3) is 0 Å². The van der Waals surface area contributed by atoms with Gasteiger partial charge in [0.05, 0.1) is 19.2 Å². The molecule has 2 heterocycles. The van der Waals surface area contributed by atoms with Crippen LogP contribution in [0.15, 0.2) is 42.0 Å². The Bertz CT molecular complexity index is 809. The number of hydrogen-bond acceptors (Lipinski definition) is 5. The number of ether oxygens (including phenoxy) is 1. The SMILES string of the molecule is COC(=O)Nc1ccc(NC(=O)Cc2cn3ccsc3n2)cc1. The second-order valence-corrected chi connectivity index (χ2v) is 5.62. The van der Waals surface area contributed by atoms with Gasteiger partial charge < -0.3 is 10.1 Å². The normalized spacial score (nSPS) is 10.5. The van der Waals surface area contributed by atoms with E-state index in [1.807, 2.05) is 22.2 Å². The molecule has 0 saturated heterocycles. The number of methoxy groups -OCH3 is 1. The van der Waals surface area contributed by atoms with Crippen molar-refractivity contribution in [3.8, 4) is 0 Å². The molecule has 0 bridgehead atoms. The molecule has 8 heteroatoms. The van der Waals surface area contributed by atoms with E-state index in [4.69, 9.17) is 0 Å². The van der Waals surface area contributed by atoms with Gasteiger partial charge in [-0.1, -0.05) is 0 Å². The van der Waals surface area contributed by atoms with Gasteiger partial charge in [-0.15, -0.1) is 11.3 Å². The summed E-state index contributed by atoms with van der Waals surface area (Å²) in [4.78, 5) is 28.4. The van der Waals surface area contributed by atoms with Crippen molar-refractivity contribution in [1.29, 1.82) is 0 Å². The fraction of sp³-hybridized carbons (Fsp3) is 0.133. The van der Waals surface area contributed by atoms with Crippen molar-refractivity contribution in [3.63, 3.8) is 0 Å². The number of carbonyl (C=O) groups excluding carboxylic acids is 2. The van der Waals surface area contributed by atoms with Crippen molar-refractivity contribution < 1.29 is 14.3 Å². The van der Waals surface area contributed by atoms with E-state index in [2.05, 4.69) is 20.4 Å². The number of carbonyl (C=O) groups is 2. The Morgan fingerprint density at radius 1 is 1.22 bits per heavy atom. The second kappa shape index (κ2) is 6.49. The number of anilines is 2. The number of imidazole rings is 1. The molecular formula is C15H14N4O3S. The first-order chi connectivity index (χ1) is 11.1. The number of benzene rings is 1. The van der Waals surface area contributed by atoms with Crippen LogP contribution in [0, 0.1) is 0 Å². The molecular weight excluding hydrogens is 316 g/mol. The van der Waals surface area contributed by atoms with Gasteiger partial charge in [0.2, 0.25) is 5.91 Å². The van der Waals surface area contributed by atoms with Crippen LogP contribution in [0.5, 0.6) is 0 Å². The molecule has 0 saturated carbocycles. The summed E-state index contributed by atoms with van der Waals surface area (Å²) >= 11 is 1.52. The minimum atomic E-state index is -0.540. The van der Waals surface area contributed by atoms with E-state index in [-0.39, 0.29) is 12.3 Å². The highest BCUT2D eigenvalue weighted by Gasteiger charge is 2.09. The topological polar surface area (TPSA) is 84.7 Å². The third-order valence-corrected chi connectivity index (χ3v) is 3.86. The molecule has 2 amide bonds. The molecule has 0 unspecified atom stereocenters. The Morgan fingerprint density at radius 3 is 2.57 bits per heavy atom. The van der Waals surface area contributed by atoms with Crippen LogP contribution in [0.1, 0.15) is 5.69 Å². The minimum absolute atomic E-state index is 0.149. The highest BCUT2D eigenvalue weighted by atomic mass is 32.1. The molecule has 0 fully saturated rings. The number of nitrogens with zero attached hydrogens (tertiary/aromatic N) is 2. The van der Waals surface area contributed by atoms with Crippen LogP contribution in [0.4, 0.5) is 16.2 Å². The Balaban J connectivity index is 1.58. The summed E-state index contributed by atoms with van der Waals surface area (Å²) in [5, 5.41) is 7.27. The van der Waals surface area contributed by atoms with Gasteiger partial charge in [0.15, 0.2) is 4.96 Å². The molecule has 0 aliphatic heterocycles. The molecule has 0 aliphatic carbocycles. The third-order valence-electron chi connectivity index (χ3n) is 3.09. The van der Waals surface area contributed by atoms with Gasteiger partial charge in [-0.05, 0) is 24.3 Å². The summed E-state index contributed by atoms with van der Waals surface area (Å²) in [5.74, 6) is -0.149. The number of fused-ring (bicyclic) bond motifs is 1. The summed E-state index contributed by atoms with van der Waals surface area (Å²) in [7, 11) is 1.30. The van der Waals surface area contributed by atoms with E-state index in [9.17, 15) is 9.59 Å². The van der Waals surface area contributed by atoms with Crippen LogP contribution in [-0.2, 0) is 16.0 Å². The van der Waals surface area contributed by atoms with E-state index in [1.165, 1.54) is 18.4 Å². The molecule has 0 radical (unpaired) electrons. The first kappa shape index (κ1) is 15.0. The van der Waals surface area contributed by atoms with E-state index in [0.717, 1.165) is 10.7 Å². The Labute approximate surface area is 135 Å². The largest absolute Gasteiger partial charge is 0.453 e. The van der Waals surface area contributed by atoms with Crippen molar-refractivity contribution in [2.45, 2.75) is 6.42 Å². The maximum absolute atomic E-state index is 12.0. The van der Waals surface area contributed by atoms with Crippen molar-refractivity contribution in [2.75, 3.05) is 17.7 Å². The number of nitrogens with one attached hydrogen (secondary N) is 2. The summed E-state index contributed by atoms with van der Waals surface area (Å²) in [6.07, 6.45) is 3.41. The van der Waals surface area contributed by atoms with E-state index in [1.54, 1.807) is 24.3 Å². The molecule has 2 aromatic heterocycles. The number of aromatic nitrogens is 2. The zero-order valence-corrected chi connectivity index (χ0v) is 13.1. The fourth-order valence-electron chi connectivity index (χ4n) is 2.04. The standard InChI is InChI=1S/C15H14N4O3S/c1-22-15(21)18-11-4-2-10(3-5-11)16-13(20)8-12-9-19-6-7-23-14(19)17-12/h2-7,9H,8H2,1H3,(H,16,20)(H,18,21). The van der Waals surface area contributed by atoms with E-state index in [0.29, 0.717) is 11.4 Å². The van der Waals surface area contributed by atoms with Crippen molar-refractivity contribution >= 4 is 39.7 Å². The van der Waals surface area contributed by atoms with Gasteiger partial charge in [-0.2, -0.15) is 0 Å². The molecule has 7 nitrogen and oxygen atoms in total. The number of rotatable bonds is 4. The lowest BCUT2D eigenvalue weighted by Crippen LogP contribution is -2.15. The minimum Gasteiger partial charge on any atom is -0.453 e. The van der Waals surface area contributed by atoms with Crippen molar-refractivity contribution in [1.82, 2.24) is 9.38 Å². The quantitative estimate of drug-likeness (QED) is 0.770. The molecule has 118 valence electrons. The Kier molecular flexibility index (Phi) is 4.24. The van der Waals surface area contributed by atoms with Crippen LogP contribution in [0.3, 0.4) is 0 Å². The molecule has 23 heavy (non-hydrogen) atoms. The molecule has 2 N–H and O–H groups in total. The number of hydrogen-bond donors (Lipinski definition) is 2. The van der Waals surface area contributed by atoms with Crippen LogP contribution >= 0.6 is 11.3 Å². The Hall–Kier alpha value is -2.87. The number of amides is 2. The first-order valence-electron chi connectivity index (χ1n) is 6.80. The second-order valence-electron chi connectivity index (χ2n) is 4.74. The smallest absolute Gasteiger partial charge is 0.411 e. The predicted molar refractivity (Wildman–Crippen MR) is 87.9 cm³/mol. The van der Waals surface area contributed by atoms with Gasteiger partial charge in [-0.3, -0.25) is 14.5 Å². The molecule has 1 aromatic carbocycles. The van der Waals surface area contributed by atoms with Crippen LogP contribution in [0.2, 0.25) is 0 Å². The Morgan fingerprint density at radius 2 is 1.91 bits per heavy atom. The summed E-state index contributed by atoms with van der Waals surface area (Å²) < 4.78 is 6.40. The lowest BCUT2D eigenvalue weighted by atomic mass is 10.2. The highest BCUT2D eigenvalue weighted by Crippen LogP contribution is 2.15. The predicted octanol–water partition coefficient (Wildman–Crippen LogP) is 2.76. The summed E-state index contributed by atoms with van der Waals surface area (Å²) in [6.45, 7) is 0. The summed E-state index contributed by atoms with van der Waals surface area (Å²) in [5.41, 5.74) is 1.95. The molecule has 3 aromatic rings. The monoisotopic (exact) mass is 330 g/mol. The van der Waals surface area contributed by atoms with Crippen LogP contribution in [0.25, 0.3) is 4.96 Å². The molecule has 0 atom stereocenters. The maximum atomic E-state index is 12.0. The van der Waals surface area contributed by atoms with Gasteiger partial charge in [0, 0.05) is 29.1 Å². The molecule has 0 spiro atoms. The third kappa shape index (κ3) is 3.67. The van der Waals surface area contributed by atoms with Crippen LogP contribution in [-0.4, -0.2) is 28.5 Å². The maximum Gasteiger partial charge on any atom is 0.411 e. The van der Waals surface area contributed by atoms with Crippen LogP contribution < -0.4 is 10.6 Å². The highest BCUT2D eigenvalue weighted by molar-refractivity contribution is 7.15. The molecule has 0 aliphatic rings. The lowest BCUT2D eigenvalue weighted by Gasteiger charge is -2.06. The average Bonchev–Trinajstić information content (AvgIpc) is 3.10. The zero-order chi connectivity index (χ0) is 16.2. The fourth-order valence-corrected chi connectivity index (χ4v) is 2.76. The number of thiazole rings is 1. The van der Waals surface area contributed by atoms with Crippen molar-refractivity contribution in [3.05, 3.63) is 47.7 Å². The van der Waals surface area contributed by atoms with E-state index >= 15 is 0 Å². The zero-order valence-electron chi connectivity index (χ0n) is 12.3. The van der Waals surface area contributed by atoms with Gasteiger partial charge >= 0.3 is 6.09 Å².